The SMILES string of the molecule is CC(C)OC1OC(CO)C(O)C(O)[C@H]1O. The highest BCUT2D eigenvalue weighted by Crippen LogP contribution is 2.22. The van der Waals surface area contributed by atoms with Gasteiger partial charge in [0.15, 0.2) is 6.29 Å². The van der Waals surface area contributed by atoms with Crippen LogP contribution in [0.15, 0.2) is 0 Å². The number of rotatable bonds is 3. The van der Waals surface area contributed by atoms with Gasteiger partial charge in [-0.1, -0.05) is 0 Å². The highest BCUT2D eigenvalue weighted by molar-refractivity contribution is 4.88. The van der Waals surface area contributed by atoms with Gasteiger partial charge in [-0.3, -0.25) is 0 Å². The minimum atomic E-state index is -1.38. The van der Waals surface area contributed by atoms with Crippen LogP contribution in [0, 0.1) is 0 Å². The lowest BCUT2D eigenvalue weighted by atomic mass is 9.99. The zero-order valence-corrected chi connectivity index (χ0v) is 8.78. The summed E-state index contributed by atoms with van der Waals surface area (Å²) in [5, 5.41) is 37.3. The van der Waals surface area contributed by atoms with Gasteiger partial charge in [0.1, 0.15) is 24.4 Å². The summed E-state index contributed by atoms with van der Waals surface area (Å²) in [6.45, 7) is 3.06. The summed E-state index contributed by atoms with van der Waals surface area (Å²) in [7, 11) is 0. The molecule has 1 rings (SSSR count). The number of aliphatic hydroxyl groups is 4. The summed E-state index contributed by atoms with van der Waals surface area (Å²) in [6, 6.07) is 0. The van der Waals surface area contributed by atoms with Crippen molar-refractivity contribution >= 4 is 0 Å². The van der Waals surface area contributed by atoms with E-state index in [1.54, 1.807) is 13.8 Å². The summed E-state index contributed by atoms with van der Waals surface area (Å²) in [5.74, 6) is 0. The Morgan fingerprint density at radius 2 is 1.73 bits per heavy atom. The fraction of sp³-hybridized carbons (Fsp3) is 1.00. The molecule has 0 aromatic heterocycles. The van der Waals surface area contributed by atoms with E-state index in [0.29, 0.717) is 0 Å². The summed E-state index contributed by atoms with van der Waals surface area (Å²) in [5.41, 5.74) is 0. The van der Waals surface area contributed by atoms with E-state index in [9.17, 15) is 15.3 Å². The molecule has 15 heavy (non-hydrogen) atoms. The molecule has 1 heterocycles. The van der Waals surface area contributed by atoms with Crippen LogP contribution in [0.2, 0.25) is 0 Å². The molecule has 4 unspecified atom stereocenters. The average molecular weight is 222 g/mol. The van der Waals surface area contributed by atoms with Crippen molar-refractivity contribution in [2.75, 3.05) is 6.61 Å². The number of ether oxygens (including phenoxy) is 2. The van der Waals surface area contributed by atoms with Crippen LogP contribution in [0.3, 0.4) is 0 Å². The molecule has 6 heteroatoms. The smallest absolute Gasteiger partial charge is 0.186 e. The lowest BCUT2D eigenvalue weighted by Crippen LogP contribution is -2.59. The van der Waals surface area contributed by atoms with Crippen LogP contribution >= 0.6 is 0 Å². The van der Waals surface area contributed by atoms with E-state index in [0.717, 1.165) is 0 Å². The van der Waals surface area contributed by atoms with E-state index in [2.05, 4.69) is 0 Å². The predicted octanol–water partition coefficient (Wildman–Crippen LogP) is -1.79. The van der Waals surface area contributed by atoms with Gasteiger partial charge in [-0.25, -0.2) is 0 Å². The molecule has 0 saturated carbocycles. The van der Waals surface area contributed by atoms with Crippen LogP contribution in [-0.4, -0.2) is 63.8 Å². The van der Waals surface area contributed by atoms with Gasteiger partial charge in [0.05, 0.1) is 12.7 Å². The molecule has 1 fully saturated rings. The van der Waals surface area contributed by atoms with Crippen molar-refractivity contribution in [2.24, 2.45) is 0 Å². The largest absolute Gasteiger partial charge is 0.394 e. The van der Waals surface area contributed by atoms with Crippen LogP contribution in [0.4, 0.5) is 0 Å². The third kappa shape index (κ3) is 2.87. The summed E-state index contributed by atoms with van der Waals surface area (Å²) < 4.78 is 10.3. The van der Waals surface area contributed by atoms with Gasteiger partial charge in [0.2, 0.25) is 0 Å². The maximum atomic E-state index is 9.53. The van der Waals surface area contributed by atoms with Crippen LogP contribution in [0.25, 0.3) is 0 Å². The molecule has 0 aromatic rings. The standard InChI is InChI=1S/C9H18O6/c1-4(2)14-9-8(13)7(12)6(11)5(3-10)15-9/h4-13H,3H2,1-2H3/t5?,6?,7?,8-,9?/m1/s1. The van der Waals surface area contributed by atoms with Crippen molar-refractivity contribution in [3.05, 3.63) is 0 Å². The van der Waals surface area contributed by atoms with Crippen LogP contribution in [0.1, 0.15) is 13.8 Å². The van der Waals surface area contributed by atoms with Crippen LogP contribution < -0.4 is 0 Å². The summed E-state index contributed by atoms with van der Waals surface area (Å²) >= 11 is 0. The fourth-order valence-electron chi connectivity index (χ4n) is 1.45. The maximum absolute atomic E-state index is 9.53. The molecule has 6 nitrogen and oxygen atoms in total. The second-order valence-corrected chi connectivity index (χ2v) is 3.88. The highest BCUT2D eigenvalue weighted by atomic mass is 16.7. The van der Waals surface area contributed by atoms with E-state index >= 15 is 0 Å². The number of aliphatic hydroxyl groups excluding tert-OH is 4. The van der Waals surface area contributed by atoms with E-state index in [1.807, 2.05) is 0 Å². The van der Waals surface area contributed by atoms with Gasteiger partial charge >= 0.3 is 0 Å². The van der Waals surface area contributed by atoms with Gasteiger partial charge in [-0.2, -0.15) is 0 Å². The molecule has 0 spiro atoms. The Labute approximate surface area is 88.1 Å². The third-order valence-electron chi connectivity index (χ3n) is 2.25. The van der Waals surface area contributed by atoms with Crippen molar-refractivity contribution in [1.29, 1.82) is 0 Å². The quantitative estimate of drug-likeness (QED) is 0.450. The zero-order chi connectivity index (χ0) is 11.6. The first-order valence-corrected chi connectivity index (χ1v) is 4.93. The molecular formula is C9H18O6. The third-order valence-corrected chi connectivity index (χ3v) is 2.25. The molecular weight excluding hydrogens is 204 g/mol. The molecule has 0 aliphatic carbocycles. The zero-order valence-electron chi connectivity index (χ0n) is 8.78. The Morgan fingerprint density at radius 1 is 1.13 bits per heavy atom. The molecule has 1 aliphatic heterocycles. The topological polar surface area (TPSA) is 99.4 Å². The van der Waals surface area contributed by atoms with Crippen LogP contribution in [-0.2, 0) is 9.47 Å². The molecule has 0 amide bonds. The van der Waals surface area contributed by atoms with Crippen molar-refractivity contribution in [3.63, 3.8) is 0 Å². The minimum Gasteiger partial charge on any atom is -0.394 e. The molecule has 1 saturated heterocycles. The maximum Gasteiger partial charge on any atom is 0.186 e. The molecule has 90 valence electrons. The van der Waals surface area contributed by atoms with Crippen molar-refractivity contribution in [3.8, 4) is 0 Å². The minimum absolute atomic E-state index is 0.188. The molecule has 4 N–H and O–H groups in total. The van der Waals surface area contributed by atoms with E-state index in [4.69, 9.17) is 14.6 Å². The molecule has 0 bridgehead atoms. The van der Waals surface area contributed by atoms with Crippen molar-refractivity contribution < 1.29 is 29.9 Å². The Bertz CT molecular complexity index is 195. The van der Waals surface area contributed by atoms with Gasteiger partial charge in [0, 0.05) is 0 Å². The van der Waals surface area contributed by atoms with Crippen molar-refractivity contribution in [1.82, 2.24) is 0 Å². The highest BCUT2D eigenvalue weighted by Gasteiger charge is 2.44. The van der Waals surface area contributed by atoms with Gasteiger partial charge in [-0.15, -0.1) is 0 Å². The molecule has 0 radical (unpaired) electrons. The average Bonchev–Trinajstić information content (AvgIpc) is 2.18. The second kappa shape index (κ2) is 5.20. The van der Waals surface area contributed by atoms with E-state index < -0.39 is 37.3 Å². The first kappa shape index (κ1) is 12.8. The van der Waals surface area contributed by atoms with Crippen molar-refractivity contribution in [2.45, 2.75) is 50.7 Å². The number of hydrogen-bond donors (Lipinski definition) is 4. The molecule has 5 atom stereocenters. The van der Waals surface area contributed by atoms with Crippen LogP contribution in [0.5, 0.6) is 0 Å². The Kier molecular flexibility index (Phi) is 4.45. The molecule has 0 aromatic carbocycles. The summed E-state index contributed by atoms with van der Waals surface area (Å²) in [4.78, 5) is 0. The lowest BCUT2D eigenvalue weighted by Gasteiger charge is -2.40. The molecule has 1 aliphatic rings. The van der Waals surface area contributed by atoms with Gasteiger partial charge in [-0.05, 0) is 13.8 Å². The Morgan fingerprint density at radius 3 is 2.20 bits per heavy atom. The first-order chi connectivity index (χ1) is 6.97. The predicted molar refractivity (Wildman–Crippen MR) is 50.0 cm³/mol. The summed E-state index contributed by atoms with van der Waals surface area (Å²) in [6.07, 6.45) is -6.15. The van der Waals surface area contributed by atoms with Gasteiger partial charge < -0.3 is 29.9 Å². The second-order valence-electron chi connectivity index (χ2n) is 3.88. The van der Waals surface area contributed by atoms with E-state index in [-0.39, 0.29) is 6.10 Å². The monoisotopic (exact) mass is 222 g/mol. The van der Waals surface area contributed by atoms with E-state index in [1.165, 1.54) is 0 Å². The Hall–Kier alpha value is -0.240. The lowest BCUT2D eigenvalue weighted by molar-refractivity contribution is -0.308. The number of hydrogen-bond acceptors (Lipinski definition) is 6. The normalized spacial score (nSPS) is 42.2. The first-order valence-electron chi connectivity index (χ1n) is 4.93. The Balaban J connectivity index is 2.65. The van der Waals surface area contributed by atoms with Gasteiger partial charge in [0.25, 0.3) is 0 Å². The fourth-order valence-corrected chi connectivity index (χ4v) is 1.45.